The molecule has 0 saturated heterocycles. The Balaban J connectivity index is 2.50. The number of rotatable bonds is 3. The molecule has 1 aromatic rings. The second kappa shape index (κ2) is 6.78. The number of nitrogens with zero attached hydrogens (tertiary/aromatic N) is 1. The molecule has 0 bridgehead atoms. The van der Waals surface area contributed by atoms with E-state index in [0.29, 0.717) is 5.69 Å². The zero-order valence-corrected chi connectivity index (χ0v) is 15.4. The van der Waals surface area contributed by atoms with Crippen molar-refractivity contribution in [1.29, 1.82) is 0 Å². The van der Waals surface area contributed by atoms with E-state index in [1.54, 1.807) is 51.1 Å². The molecule has 0 heterocycles. The highest BCUT2D eigenvalue weighted by atomic mass is 35.5. The minimum atomic E-state index is -2.28. The van der Waals surface area contributed by atoms with Gasteiger partial charge >= 0.3 is 0 Å². The lowest BCUT2D eigenvalue weighted by Crippen LogP contribution is -2.47. The second-order valence-corrected chi connectivity index (χ2v) is 7.74. The maximum Gasteiger partial charge on any atom is 0.291 e. The minimum Gasteiger partial charge on any atom is -0.370 e. The molecule has 8 heteroatoms. The van der Waals surface area contributed by atoms with Crippen LogP contribution in [0.15, 0.2) is 52.7 Å². The number of amides is 1. The third kappa shape index (κ3) is 3.86. The van der Waals surface area contributed by atoms with Gasteiger partial charge in [-0.15, -0.1) is 0 Å². The van der Waals surface area contributed by atoms with Crippen molar-refractivity contribution in [1.82, 2.24) is 0 Å². The Morgan fingerprint density at radius 2 is 1.88 bits per heavy atom. The number of anilines is 1. The summed E-state index contributed by atoms with van der Waals surface area (Å²) in [4.78, 5) is 23.4. The van der Waals surface area contributed by atoms with Gasteiger partial charge in [-0.05, 0) is 23.6 Å². The SMILES string of the molecule is CC(C)(C)C1=C([N+](=O)[O-])C(Cl)=CC(C(=O)Nc2ccccc2)C1(O)Cl. The Labute approximate surface area is 155 Å². The summed E-state index contributed by atoms with van der Waals surface area (Å²) in [6.07, 6.45) is 1.11. The lowest BCUT2D eigenvalue weighted by Gasteiger charge is -2.38. The summed E-state index contributed by atoms with van der Waals surface area (Å²) in [7, 11) is 0. The van der Waals surface area contributed by atoms with Crippen LogP contribution in [0.2, 0.25) is 0 Å². The van der Waals surface area contributed by atoms with E-state index in [2.05, 4.69) is 5.32 Å². The van der Waals surface area contributed by atoms with Crippen LogP contribution in [0, 0.1) is 21.4 Å². The number of allylic oxidation sites excluding steroid dienone is 1. The fraction of sp³-hybridized carbons (Fsp3) is 0.353. The maximum absolute atomic E-state index is 12.6. The van der Waals surface area contributed by atoms with E-state index >= 15 is 0 Å². The van der Waals surface area contributed by atoms with Crippen molar-refractivity contribution in [3.63, 3.8) is 0 Å². The molecule has 2 N–H and O–H groups in total. The van der Waals surface area contributed by atoms with E-state index in [1.807, 2.05) is 0 Å². The summed E-state index contributed by atoms with van der Waals surface area (Å²) in [5.74, 6) is -1.91. The molecule has 0 aromatic heterocycles. The molecule has 2 unspecified atom stereocenters. The maximum atomic E-state index is 12.6. The van der Waals surface area contributed by atoms with Gasteiger partial charge < -0.3 is 10.4 Å². The number of nitro groups is 1. The second-order valence-electron chi connectivity index (χ2n) is 6.75. The molecule has 134 valence electrons. The summed E-state index contributed by atoms with van der Waals surface area (Å²) >= 11 is 12.3. The van der Waals surface area contributed by atoms with Crippen LogP contribution in [0.4, 0.5) is 5.69 Å². The minimum absolute atomic E-state index is 0.104. The molecule has 1 amide bonds. The molecule has 1 aromatic carbocycles. The summed E-state index contributed by atoms with van der Waals surface area (Å²) < 4.78 is 0. The first kappa shape index (κ1) is 19.4. The third-order valence-electron chi connectivity index (χ3n) is 3.80. The third-order valence-corrected chi connectivity index (χ3v) is 4.52. The number of para-hydroxylation sites is 1. The van der Waals surface area contributed by atoms with Crippen LogP contribution in [0.25, 0.3) is 0 Å². The number of hydrogen-bond acceptors (Lipinski definition) is 4. The van der Waals surface area contributed by atoms with E-state index in [9.17, 15) is 20.0 Å². The van der Waals surface area contributed by atoms with Gasteiger partial charge in [0, 0.05) is 5.69 Å². The highest BCUT2D eigenvalue weighted by Gasteiger charge is 2.53. The summed E-state index contributed by atoms with van der Waals surface area (Å²) in [5.41, 5.74) is -0.966. The summed E-state index contributed by atoms with van der Waals surface area (Å²) in [5, 5.41) is 22.4. The average Bonchev–Trinajstić information content (AvgIpc) is 2.48. The molecule has 6 nitrogen and oxygen atoms in total. The van der Waals surface area contributed by atoms with Gasteiger partial charge in [-0.25, -0.2) is 0 Å². The lowest BCUT2D eigenvalue weighted by atomic mass is 9.74. The smallest absolute Gasteiger partial charge is 0.291 e. The fourth-order valence-electron chi connectivity index (χ4n) is 2.83. The Morgan fingerprint density at radius 3 is 2.36 bits per heavy atom. The molecule has 1 aliphatic rings. The van der Waals surface area contributed by atoms with Crippen LogP contribution in [0.5, 0.6) is 0 Å². The molecule has 1 aliphatic carbocycles. The van der Waals surface area contributed by atoms with Gasteiger partial charge in [-0.2, -0.15) is 0 Å². The van der Waals surface area contributed by atoms with Gasteiger partial charge in [0.2, 0.25) is 5.91 Å². The molecule has 0 spiro atoms. The van der Waals surface area contributed by atoms with Crippen molar-refractivity contribution in [3.05, 3.63) is 62.8 Å². The van der Waals surface area contributed by atoms with Gasteiger partial charge in [0.05, 0.1) is 10.5 Å². The zero-order chi connectivity index (χ0) is 19.0. The highest BCUT2D eigenvalue weighted by Crippen LogP contribution is 2.49. The standard InChI is InChI=1S/C17H18Cl2N2O4/c1-16(2,3)14-13(21(24)25)12(18)9-11(17(14,19)23)15(22)20-10-7-5-4-6-8-10/h4-9,11,23H,1-3H3,(H,20,22). The van der Waals surface area contributed by atoms with E-state index < -0.39 is 32.9 Å². The van der Waals surface area contributed by atoms with Crippen molar-refractivity contribution in [2.24, 2.45) is 11.3 Å². The molecule has 2 atom stereocenters. The van der Waals surface area contributed by atoms with Gasteiger partial charge in [0.1, 0.15) is 11.0 Å². The Kier molecular flexibility index (Phi) is 5.27. The fourth-order valence-corrected chi connectivity index (χ4v) is 3.65. The van der Waals surface area contributed by atoms with Crippen molar-refractivity contribution < 1.29 is 14.8 Å². The van der Waals surface area contributed by atoms with Gasteiger partial charge in [0.25, 0.3) is 5.70 Å². The predicted octanol–water partition coefficient (Wildman–Crippen LogP) is 3.88. The number of carbonyl (C=O) groups is 1. The van der Waals surface area contributed by atoms with Gasteiger partial charge in [0.15, 0.2) is 5.06 Å². The van der Waals surface area contributed by atoms with Crippen molar-refractivity contribution >= 4 is 34.8 Å². The predicted molar refractivity (Wildman–Crippen MR) is 96.8 cm³/mol. The normalized spacial score (nSPS) is 23.9. The molecule has 2 rings (SSSR count). The van der Waals surface area contributed by atoms with Crippen LogP contribution in [0.3, 0.4) is 0 Å². The first-order chi connectivity index (χ1) is 11.5. The van der Waals surface area contributed by atoms with Gasteiger partial charge in [-0.3, -0.25) is 14.9 Å². The Hall–Kier alpha value is -1.89. The number of carbonyl (C=O) groups excluding carboxylic acids is 1. The van der Waals surface area contributed by atoms with Crippen LogP contribution in [-0.2, 0) is 4.79 Å². The van der Waals surface area contributed by atoms with Crippen LogP contribution >= 0.6 is 23.2 Å². The van der Waals surface area contributed by atoms with E-state index in [0.717, 1.165) is 6.08 Å². The Bertz CT molecular complexity index is 765. The molecular formula is C17H18Cl2N2O4. The molecule has 0 saturated carbocycles. The van der Waals surface area contributed by atoms with Crippen LogP contribution in [0.1, 0.15) is 20.8 Å². The molecular weight excluding hydrogens is 367 g/mol. The zero-order valence-electron chi connectivity index (χ0n) is 13.9. The van der Waals surface area contributed by atoms with Crippen molar-refractivity contribution in [2.75, 3.05) is 5.32 Å². The number of halogens is 2. The number of alkyl halides is 1. The quantitative estimate of drug-likeness (QED) is 0.469. The van der Waals surface area contributed by atoms with Crippen LogP contribution < -0.4 is 5.32 Å². The summed E-state index contributed by atoms with van der Waals surface area (Å²) in [6, 6.07) is 8.59. The topological polar surface area (TPSA) is 92.5 Å². The van der Waals surface area contributed by atoms with E-state index in [-0.39, 0.29) is 10.6 Å². The molecule has 0 aliphatic heterocycles. The number of benzene rings is 1. The van der Waals surface area contributed by atoms with Crippen molar-refractivity contribution in [2.45, 2.75) is 25.8 Å². The first-order valence-corrected chi connectivity index (χ1v) is 8.26. The first-order valence-electron chi connectivity index (χ1n) is 7.50. The molecule has 25 heavy (non-hydrogen) atoms. The Morgan fingerprint density at radius 1 is 1.32 bits per heavy atom. The monoisotopic (exact) mass is 384 g/mol. The van der Waals surface area contributed by atoms with Crippen LogP contribution in [-0.4, -0.2) is 21.0 Å². The lowest BCUT2D eigenvalue weighted by molar-refractivity contribution is -0.422. The van der Waals surface area contributed by atoms with E-state index in [4.69, 9.17) is 23.2 Å². The van der Waals surface area contributed by atoms with Gasteiger partial charge in [-0.1, -0.05) is 62.2 Å². The number of nitrogens with one attached hydrogen (secondary N) is 1. The van der Waals surface area contributed by atoms with Crippen molar-refractivity contribution in [3.8, 4) is 0 Å². The largest absolute Gasteiger partial charge is 0.370 e. The summed E-state index contributed by atoms with van der Waals surface area (Å²) in [6.45, 7) is 4.96. The number of aliphatic hydroxyl groups is 1. The molecule has 0 fully saturated rings. The van der Waals surface area contributed by atoms with E-state index in [1.165, 1.54) is 0 Å². The molecule has 0 radical (unpaired) electrons. The average molecular weight is 385 g/mol. The highest BCUT2D eigenvalue weighted by molar-refractivity contribution is 6.33. The number of hydrogen-bond donors (Lipinski definition) is 2.